The zero-order valence-corrected chi connectivity index (χ0v) is 15.9. The SMILES string of the molecule is CN1Cc2cc(CN3CCOCC3)ccc2C(c2ccc3occc3c2)C1. The smallest absolute Gasteiger partial charge is 0.133 e. The molecule has 0 N–H and O–H groups in total. The van der Waals surface area contributed by atoms with Crippen molar-refractivity contribution < 1.29 is 9.15 Å². The molecule has 2 aliphatic rings. The number of hydrogen-bond acceptors (Lipinski definition) is 4. The summed E-state index contributed by atoms with van der Waals surface area (Å²) in [6.45, 7) is 6.87. The molecule has 27 heavy (non-hydrogen) atoms. The number of fused-ring (bicyclic) bond motifs is 2. The highest BCUT2D eigenvalue weighted by atomic mass is 16.5. The minimum Gasteiger partial charge on any atom is -0.464 e. The fourth-order valence-corrected chi connectivity index (χ4v) is 4.50. The Morgan fingerprint density at radius 2 is 1.93 bits per heavy atom. The second-order valence-electron chi connectivity index (χ2n) is 7.89. The first-order chi connectivity index (χ1) is 13.3. The molecule has 1 aromatic heterocycles. The molecule has 0 radical (unpaired) electrons. The van der Waals surface area contributed by atoms with Crippen molar-refractivity contribution in [2.24, 2.45) is 0 Å². The van der Waals surface area contributed by atoms with Crippen LogP contribution in [-0.4, -0.2) is 49.7 Å². The number of rotatable bonds is 3. The van der Waals surface area contributed by atoms with Gasteiger partial charge in [-0.2, -0.15) is 0 Å². The molecule has 1 saturated heterocycles. The molecule has 4 heteroatoms. The molecule has 1 atom stereocenters. The van der Waals surface area contributed by atoms with E-state index in [4.69, 9.17) is 9.15 Å². The van der Waals surface area contributed by atoms with Crippen LogP contribution < -0.4 is 0 Å². The lowest BCUT2D eigenvalue weighted by atomic mass is 9.83. The molecule has 1 unspecified atom stereocenters. The van der Waals surface area contributed by atoms with Gasteiger partial charge < -0.3 is 14.1 Å². The van der Waals surface area contributed by atoms with E-state index in [1.165, 1.54) is 27.6 Å². The molecule has 2 aromatic carbocycles. The van der Waals surface area contributed by atoms with Gasteiger partial charge in [-0.25, -0.2) is 0 Å². The van der Waals surface area contributed by atoms with Gasteiger partial charge in [0.15, 0.2) is 0 Å². The van der Waals surface area contributed by atoms with Crippen LogP contribution in [-0.2, 0) is 17.8 Å². The zero-order chi connectivity index (χ0) is 18.2. The summed E-state index contributed by atoms with van der Waals surface area (Å²) in [4.78, 5) is 4.92. The summed E-state index contributed by atoms with van der Waals surface area (Å²) in [5.74, 6) is 0.412. The number of benzene rings is 2. The van der Waals surface area contributed by atoms with E-state index in [9.17, 15) is 0 Å². The summed E-state index contributed by atoms with van der Waals surface area (Å²) in [5, 5.41) is 1.19. The zero-order valence-electron chi connectivity index (χ0n) is 15.9. The Balaban J connectivity index is 1.45. The summed E-state index contributed by atoms with van der Waals surface area (Å²) >= 11 is 0. The molecule has 3 heterocycles. The molecule has 2 aliphatic heterocycles. The van der Waals surface area contributed by atoms with Gasteiger partial charge in [-0.1, -0.05) is 24.3 Å². The van der Waals surface area contributed by atoms with Gasteiger partial charge in [-0.05, 0) is 47.5 Å². The third-order valence-corrected chi connectivity index (χ3v) is 5.91. The average molecular weight is 362 g/mol. The lowest BCUT2D eigenvalue weighted by Gasteiger charge is -2.33. The Morgan fingerprint density at radius 1 is 1.04 bits per heavy atom. The molecule has 0 spiro atoms. The van der Waals surface area contributed by atoms with Crippen LogP contribution in [0.4, 0.5) is 0 Å². The minimum absolute atomic E-state index is 0.412. The standard InChI is InChI=1S/C23H26N2O2/c1-24-15-20-12-17(14-25-7-10-26-11-8-25)2-4-21(20)22(16-24)18-3-5-23-19(13-18)6-9-27-23/h2-6,9,12-13,22H,7-8,10-11,14-16H2,1H3. The van der Waals surface area contributed by atoms with E-state index in [0.717, 1.165) is 51.5 Å². The molecule has 0 amide bonds. The fraction of sp³-hybridized carbons (Fsp3) is 0.391. The Hall–Kier alpha value is -2.14. The van der Waals surface area contributed by atoms with Gasteiger partial charge in [0.1, 0.15) is 5.58 Å². The largest absolute Gasteiger partial charge is 0.464 e. The van der Waals surface area contributed by atoms with Crippen molar-refractivity contribution in [3.8, 4) is 0 Å². The first kappa shape index (κ1) is 17.0. The van der Waals surface area contributed by atoms with Gasteiger partial charge >= 0.3 is 0 Å². The van der Waals surface area contributed by atoms with Gasteiger partial charge in [-0.15, -0.1) is 0 Å². The normalized spacial score (nSPS) is 21.4. The third-order valence-electron chi connectivity index (χ3n) is 5.91. The summed E-state index contributed by atoms with van der Waals surface area (Å²) < 4.78 is 11.0. The van der Waals surface area contributed by atoms with Crippen LogP contribution in [0.15, 0.2) is 53.1 Å². The molecule has 0 bridgehead atoms. The number of hydrogen-bond donors (Lipinski definition) is 0. The maximum atomic E-state index is 5.51. The van der Waals surface area contributed by atoms with E-state index < -0.39 is 0 Å². The number of furan rings is 1. The summed E-state index contributed by atoms with van der Waals surface area (Å²) in [5.41, 5.74) is 6.69. The first-order valence-corrected chi connectivity index (χ1v) is 9.84. The van der Waals surface area contributed by atoms with Crippen LogP contribution in [0.1, 0.15) is 28.2 Å². The summed E-state index contributed by atoms with van der Waals surface area (Å²) in [6, 6.07) is 15.8. The van der Waals surface area contributed by atoms with Crippen LogP contribution in [0.5, 0.6) is 0 Å². The van der Waals surface area contributed by atoms with E-state index >= 15 is 0 Å². The average Bonchev–Trinajstić information content (AvgIpc) is 3.15. The number of likely N-dealkylation sites (N-methyl/N-ethyl adjacent to an activating group) is 1. The highest BCUT2D eigenvalue weighted by Gasteiger charge is 2.25. The van der Waals surface area contributed by atoms with Crippen molar-refractivity contribution >= 4 is 11.0 Å². The van der Waals surface area contributed by atoms with Crippen molar-refractivity contribution in [3.63, 3.8) is 0 Å². The quantitative estimate of drug-likeness (QED) is 0.708. The molecule has 3 aromatic rings. The van der Waals surface area contributed by atoms with Gasteiger partial charge in [0.2, 0.25) is 0 Å². The van der Waals surface area contributed by atoms with Crippen LogP contribution in [0, 0.1) is 0 Å². The van der Waals surface area contributed by atoms with Crippen molar-refractivity contribution in [2.75, 3.05) is 39.9 Å². The summed E-state index contributed by atoms with van der Waals surface area (Å²) in [7, 11) is 2.22. The molecule has 5 rings (SSSR count). The van der Waals surface area contributed by atoms with Gasteiger partial charge in [0.25, 0.3) is 0 Å². The fourth-order valence-electron chi connectivity index (χ4n) is 4.50. The van der Waals surface area contributed by atoms with Crippen LogP contribution >= 0.6 is 0 Å². The Morgan fingerprint density at radius 3 is 2.81 bits per heavy atom. The predicted molar refractivity (Wildman–Crippen MR) is 107 cm³/mol. The van der Waals surface area contributed by atoms with Crippen LogP contribution in [0.25, 0.3) is 11.0 Å². The predicted octanol–water partition coefficient (Wildman–Crippen LogP) is 3.84. The van der Waals surface area contributed by atoms with Crippen molar-refractivity contribution in [2.45, 2.75) is 19.0 Å². The van der Waals surface area contributed by atoms with Crippen LogP contribution in [0.2, 0.25) is 0 Å². The molecular weight excluding hydrogens is 336 g/mol. The first-order valence-electron chi connectivity index (χ1n) is 9.84. The highest BCUT2D eigenvalue weighted by molar-refractivity contribution is 5.78. The van der Waals surface area contributed by atoms with Gasteiger partial charge in [0, 0.05) is 44.0 Å². The van der Waals surface area contributed by atoms with E-state index in [0.29, 0.717) is 5.92 Å². The van der Waals surface area contributed by atoms with E-state index in [1.54, 1.807) is 6.26 Å². The van der Waals surface area contributed by atoms with Crippen molar-refractivity contribution in [1.29, 1.82) is 0 Å². The molecule has 0 aliphatic carbocycles. The molecule has 140 valence electrons. The van der Waals surface area contributed by atoms with Gasteiger partial charge in [-0.3, -0.25) is 4.90 Å². The lowest BCUT2D eigenvalue weighted by molar-refractivity contribution is 0.0341. The van der Waals surface area contributed by atoms with E-state index in [2.05, 4.69) is 59.3 Å². The van der Waals surface area contributed by atoms with Gasteiger partial charge in [0.05, 0.1) is 19.5 Å². The van der Waals surface area contributed by atoms with E-state index in [1.807, 2.05) is 0 Å². The number of nitrogens with zero attached hydrogens (tertiary/aromatic N) is 2. The van der Waals surface area contributed by atoms with Crippen molar-refractivity contribution in [3.05, 3.63) is 71.0 Å². The monoisotopic (exact) mass is 362 g/mol. The molecule has 4 nitrogen and oxygen atoms in total. The van der Waals surface area contributed by atoms with Crippen LogP contribution in [0.3, 0.4) is 0 Å². The highest BCUT2D eigenvalue weighted by Crippen LogP contribution is 2.35. The lowest BCUT2D eigenvalue weighted by Crippen LogP contribution is -2.36. The second-order valence-corrected chi connectivity index (χ2v) is 7.89. The third kappa shape index (κ3) is 3.41. The maximum Gasteiger partial charge on any atom is 0.133 e. The minimum atomic E-state index is 0.412. The Bertz CT molecular complexity index is 942. The van der Waals surface area contributed by atoms with Crippen molar-refractivity contribution in [1.82, 2.24) is 9.80 Å². The second kappa shape index (κ2) is 7.12. The molecule has 0 saturated carbocycles. The molecule has 1 fully saturated rings. The molecular formula is C23H26N2O2. The summed E-state index contributed by atoms with van der Waals surface area (Å²) in [6.07, 6.45) is 1.77. The number of morpholine rings is 1. The topological polar surface area (TPSA) is 28.9 Å². The maximum absolute atomic E-state index is 5.51. The Kier molecular flexibility index (Phi) is 4.48. The number of ether oxygens (including phenoxy) is 1. The Labute approximate surface area is 160 Å². The van der Waals surface area contributed by atoms with E-state index in [-0.39, 0.29) is 0 Å².